The highest BCUT2D eigenvalue weighted by atomic mass is 19.1. The van der Waals surface area contributed by atoms with Crippen LogP contribution in [0.3, 0.4) is 0 Å². The molecular weight excluding hydrogens is 233 g/mol. The summed E-state index contributed by atoms with van der Waals surface area (Å²) in [6.45, 7) is 1.65. The van der Waals surface area contributed by atoms with E-state index in [0.717, 1.165) is 0 Å². The second-order valence-corrected chi connectivity index (χ2v) is 3.97. The molecule has 18 heavy (non-hydrogen) atoms. The van der Waals surface area contributed by atoms with E-state index in [1.807, 2.05) is 0 Å². The average Bonchev–Trinajstić information content (AvgIpc) is 2.38. The number of benzene rings is 1. The van der Waals surface area contributed by atoms with Crippen molar-refractivity contribution in [1.82, 2.24) is 4.98 Å². The summed E-state index contributed by atoms with van der Waals surface area (Å²) in [6, 6.07) is 9.61. The molecule has 3 nitrogen and oxygen atoms in total. The van der Waals surface area contributed by atoms with Gasteiger partial charge >= 0.3 is 0 Å². The van der Waals surface area contributed by atoms with Gasteiger partial charge in [0.2, 0.25) is 0 Å². The molecule has 94 valence electrons. The topological polar surface area (TPSA) is 42.4 Å². The zero-order valence-corrected chi connectivity index (χ0v) is 10.2. The van der Waals surface area contributed by atoms with Crippen molar-refractivity contribution < 1.29 is 14.2 Å². The Morgan fingerprint density at radius 2 is 2.06 bits per heavy atom. The Morgan fingerprint density at radius 3 is 2.72 bits per heavy atom. The normalized spacial score (nSPS) is 12.2. The summed E-state index contributed by atoms with van der Waals surface area (Å²) in [5.41, 5.74) is 1.91. The lowest BCUT2D eigenvalue weighted by atomic mass is 10.1. The molecule has 1 aromatic heterocycles. The average molecular weight is 247 g/mol. The molecule has 0 spiro atoms. The third-order valence-corrected chi connectivity index (χ3v) is 2.64. The number of hydrogen-bond donors (Lipinski definition) is 1. The smallest absolute Gasteiger partial charge is 0.131 e. The summed E-state index contributed by atoms with van der Waals surface area (Å²) < 4.78 is 18.3. The van der Waals surface area contributed by atoms with E-state index in [1.165, 1.54) is 19.2 Å². The molecule has 0 aliphatic carbocycles. The molecule has 1 heterocycles. The third kappa shape index (κ3) is 2.49. The minimum atomic E-state index is -0.642. The van der Waals surface area contributed by atoms with Gasteiger partial charge in [-0.3, -0.25) is 0 Å². The Morgan fingerprint density at radius 1 is 1.28 bits per heavy atom. The molecule has 1 atom stereocenters. The van der Waals surface area contributed by atoms with Crippen LogP contribution in [-0.4, -0.2) is 17.2 Å². The minimum Gasteiger partial charge on any atom is -0.496 e. The van der Waals surface area contributed by atoms with Crippen molar-refractivity contribution in [1.29, 1.82) is 0 Å². The molecule has 0 aliphatic rings. The van der Waals surface area contributed by atoms with Gasteiger partial charge in [0.15, 0.2) is 0 Å². The number of nitrogens with zero attached hydrogens (tertiary/aromatic N) is 1. The third-order valence-electron chi connectivity index (χ3n) is 2.64. The molecule has 2 aromatic rings. The Hall–Kier alpha value is -1.94. The minimum absolute atomic E-state index is 0.359. The fraction of sp³-hybridized carbons (Fsp3) is 0.214. The zero-order valence-electron chi connectivity index (χ0n) is 10.2. The second-order valence-electron chi connectivity index (χ2n) is 3.97. The molecule has 0 aliphatic heterocycles. The van der Waals surface area contributed by atoms with Gasteiger partial charge in [-0.05, 0) is 31.2 Å². The molecule has 1 N–H and O–H groups in total. The number of rotatable bonds is 3. The van der Waals surface area contributed by atoms with Gasteiger partial charge in [0.1, 0.15) is 11.6 Å². The molecule has 0 fully saturated rings. The maximum Gasteiger partial charge on any atom is 0.131 e. The number of halogens is 1. The monoisotopic (exact) mass is 247 g/mol. The molecule has 4 heteroatoms. The first-order valence-electron chi connectivity index (χ1n) is 5.60. The number of pyridine rings is 1. The molecule has 1 aromatic carbocycles. The van der Waals surface area contributed by atoms with Crippen LogP contribution in [0.1, 0.15) is 18.7 Å². The number of aliphatic hydroxyl groups is 1. The van der Waals surface area contributed by atoms with Crippen molar-refractivity contribution in [3.63, 3.8) is 0 Å². The van der Waals surface area contributed by atoms with Crippen molar-refractivity contribution in [3.8, 4) is 17.0 Å². The highest BCUT2D eigenvalue weighted by Gasteiger charge is 2.10. The summed E-state index contributed by atoms with van der Waals surface area (Å²) in [6.07, 6.45) is -0.642. The summed E-state index contributed by atoms with van der Waals surface area (Å²) >= 11 is 0. The predicted octanol–water partition coefficient (Wildman–Crippen LogP) is 2.95. The van der Waals surface area contributed by atoms with Gasteiger partial charge in [-0.2, -0.15) is 0 Å². The van der Waals surface area contributed by atoms with E-state index in [4.69, 9.17) is 4.74 Å². The number of hydrogen-bond acceptors (Lipinski definition) is 3. The molecule has 0 radical (unpaired) electrons. The number of aromatic nitrogens is 1. The summed E-state index contributed by atoms with van der Waals surface area (Å²) in [4.78, 5) is 4.33. The Balaban J connectivity index is 2.51. The van der Waals surface area contributed by atoms with Gasteiger partial charge < -0.3 is 9.84 Å². The van der Waals surface area contributed by atoms with Gasteiger partial charge in [-0.25, -0.2) is 9.37 Å². The van der Waals surface area contributed by atoms with Crippen LogP contribution in [-0.2, 0) is 0 Å². The van der Waals surface area contributed by atoms with Gasteiger partial charge in [-0.1, -0.05) is 6.07 Å². The van der Waals surface area contributed by atoms with Crippen LogP contribution in [0.2, 0.25) is 0 Å². The van der Waals surface area contributed by atoms with Crippen molar-refractivity contribution in [2.24, 2.45) is 0 Å². The highest BCUT2D eigenvalue weighted by Crippen LogP contribution is 2.29. The van der Waals surface area contributed by atoms with Crippen LogP contribution < -0.4 is 4.74 Å². The molecule has 0 saturated carbocycles. The van der Waals surface area contributed by atoms with Crippen LogP contribution in [0.4, 0.5) is 4.39 Å². The summed E-state index contributed by atoms with van der Waals surface area (Å²) in [7, 11) is 1.48. The van der Waals surface area contributed by atoms with Gasteiger partial charge in [-0.15, -0.1) is 0 Å². The van der Waals surface area contributed by atoms with Crippen molar-refractivity contribution >= 4 is 0 Å². The summed E-state index contributed by atoms with van der Waals surface area (Å²) in [5.74, 6) is 0.0625. The maximum atomic E-state index is 13.1. The Labute approximate surface area is 105 Å². The lowest BCUT2D eigenvalue weighted by Gasteiger charge is -2.10. The quantitative estimate of drug-likeness (QED) is 0.906. The fourth-order valence-corrected chi connectivity index (χ4v) is 1.71. The molecule has 0 saturated heterocycles. The Bertz CT molecular complexity index is 555. The van der Waals surface area contributed by atoms with Crippen LogP contribution >= 0.6 is 0 Å². The van der Waals surface area contributed by atoms with E-state index in [2.05, 4.69) is 4.98 Å². The first-order chi connectivity index (χ1) is 8.61. The van der Waals surface area contributed by atoms with E-state index in [0.29, 0.717) is 22.7 Å². The largest absolute Gasteiger partial charge is 0.496 e. The van der Waals surface area contributed by atoms with Gasteiger partial charge in [0.25, 0.3) is 0 Å². The van der Waals surface area contributed by atoms with Crippen LogP contribution in [0.25, 0.3) is 11.3 Å². The molecule has 0 unspecified atom stereocenters. The van der Waals surface area contributed by atoms with Crippen LogP contribution in [0, 0.1) is 5.82 Å². The van der Waals surface area contributed by atoms with Gasteiger partial charge in [0, 0.05) is 11.6 Å². The second kappa shape index (κ2) is 5.14. The van der Waals surface area contributed by atoms with E-state index < -0.39 is 6.10 Å². The summed E-state index contributed by atoms with van der Waals surface area (Å²) in [5, 5.41) is 9.51. The fourth-order valence-electron chi connectivity index (χ4n) is 1.71. The lowest BCUT2D eigenvalue weighted by Crippen LogP contribution is -1.97. The first-order valence-corrected chi connectivity index (χ1v) is 5.60. The van der Waals surface area contributed by atoms with Crippen LogP contribution in [0.5, 0.6) is 5.75 Å². The Kier molecular flexibility index (Phi) is 3.58. The van der Waals surface area contributed by atoms with Crippen LogP contribution in [0.15, 0.2) is 36.4 Å². The highest BCUT2D eigenvalue weighted by molar-refractivity contribution is 5.67. The zero-order chi connectivity index (χ0) is 13.1. The molecule has 0 amide bonds. The first kappa shape index (κ1) is 12.5. The van der Waals surface area contributed by atoms with Crippen molar-refractivity contribution in [2.45, 2.75) is 13.0 Å². The predicted molar refractivity (Wildman–Crippen MR) is 66.8 cm³/mol. The number of aliphatic hydroxyl groups excluding tert-OH is 1. The number of ether oxygens (including phenoxy) is 1. The lowest BCUT2D eigenvalue weighted by molar-refractivity contribution is 0.194. The molecular formula is C14H14FNO2. The van der Waals surface area contributed by atoms with Crippen molar-refractivity contribution in [3.05, 3.63) is 47.9 Å². The van der Waals surface area contributed by atoms with E-state index >= 15 is 0 Å². The van der Waals surface area contributed by atoms with Crippen molar-refractivity contribution in [2.75, 3.05) is 7.11 Å². The SMILES string of the molecule is COc1cc(F)ccc1-c1cccc([C@H](C)O)n1. The standard InChI is InChI=1S/C14H14FNO2/c1-9(17)12-4-3-5-13(16-12)11-7-6-10(15)8-14(11)18-2/h3-9,17H,1-2H3/t9-/m0/s1. The maximum absolute atomic E-state index is 13.1. The van der Waals surface area contributed by atoms with E-state index in [-0.39, 0.29) is 5.82 Å². The van der Waals surface area contributed by atoms with Gasteiger partial charge in [0.05, 0.1) is 24.6 Å². The van der Waals surface area contributed by atoms with E-state index in [1.54, 1.807) is 31.2 Å². The molecule has 2 rings (SSSR count). The number of methoxy groups -OCH3 is 1. The van der Waals surface area contributed by atoms with E-state index in [9.17, 15) is 9.50 Å². The molecule has 0 bridgehead atoms.